The molecule has 43 heavy (non-hydrogen) atoms. The van der Waals surface area contributed by atoms with Crippen molar-refractivity contribution in [3.8, 4) is 32.9 Å². The van der Waals surface area contributed by atoms with E-state index in [0.717, 1.165) is 16.6 Å². The van der Waals surface area contributed by atoms with Crippen LogP contribution in [0, 0.1) is 17.5 Å². The Labute approximate surface area is 249 Å². The quantitative estimate of drug-likeness (QED) is 0.206. The molecule has 0 atom stereocenters. The van der Waals surface area contributed by atoms with Crippen LogP contribution in [0.1, 0.15) is 10.4 Å². The molecular weight excluding hydrogens is 597 g/mol. The minimum absolute atomic E-state index is 0.202. The van der Waals surface area contributed by atoms with Gasteiger partial charge in [-0.1, -0.05) is 18.2 Å². The van der Waals surface area contributed by atoms with Gasteiger partial charge < -0.3 is 9.73 Å². The Kier molecular flexibility index (Phi) is 7.02. The molecule has 0 aliphatic heterocycles. The minimum atomic E-state index is -3.73. The molecule has 0 spiro atoms. The number of benzene rings is 4. The second-order valence-electron chi connectivity index (χ2n) is 9.98. The summed E-state index contributed by atoms with van der Waals surface area (Å²) >= 11 is 1.23. The Morgan fingerprint density at radius 1 is 0.860 bits per heavy atom. The summed E-state index contributed by atoms with van der Waals surface area (Å²) in [6.45, 7) is 0. The first kappa shape index (κ1) is 28.5. The van der Waals surface area contributed by atoms with Gasteiger partial charge >= 0.3 is 0 Å². The van der Waals surface area contributed by atoms with Gasteiger partial charge in [-0.15, -0.1) is 11.3 Å². The fraction of sp³-hybridized carbons (Fsp3) is 0.0938. The number of anilines is 1. The standard InChI is InChI=1S/C32H23F3N2O4S2/c1-36-32(38)30-24-14-22(18-5-4-6-19(11-18)28-15-23-25(35)12-21(34)13-29(23)42-28)26(37(2)43(3,39)40)16-27(24)41-31(30)17-7-9-20(33)10-8-17/h4-16H,1-3H3,(H,36,38). The van der Waals surface area contributed by atoms with E-state index in [1.165, 1.54) is 55.8 Å². The highest BCUT2D eigenvalue weighted by Gasteiger charge is 2.26. The Hall–Kier alpha value is -4.61. The molecule has 0 aliphatic rings. The summed E-state index contributed by atoms with van der Waals surface area (Å²) in [6.07, 6.45) is 1.07. The maximum Gasteiger partial charge on any atom is 0.255 e. The number of halogens is 3. The summed E-state index contributed by atoms with van der Waals surface area (Å²) in [4.78, 5) is 13.8. The molecule has 0 saturated heterocycles. The van der Waals surface area contributed by atoms with Crippen molar-refractivity contribution >= 4 is 54.0 Å². The zero-order chi connectivity index (χ0) is 30.6. The van der Waals surface area contributed by atoms with E-state index >= 15 is 0 Å². The van der Waals surface area contributed by atoms with Gasteiger partial charge in [-0.25, -0.2) is 21.6 Å². The highest BCUT2D eigenvalue weighted by molar-refractivity contribution is 7.92. The first-order chi connectivity index (χ1) is 20.4. The van der Waals surface area contributed by atoms with Crippen LogP contribution >= 0.6 is 11.3 Å². The first-order valence-corrected chi connectivity index (χ1v) is 15.6. The number of rotatable bonds is 6. The van der Waals surface area contributed by atoms with E-state index in [2.05, 4.69) is 5.32 Å². The van der Waals surface area contributed by atoms with E-state index in [1.54, 1.807) is 30.3 Å². The van der Waals surface area contributed by atoms with E-state index < -0.39 is 33.4 Å². The zero-order valence-corrected chi connectivity index (χ0v) is 24.7. The van der Waals surface area contributed by atoms with E-state index in [1.807, 2.05) is 12.1 Å². The van der Waals surface area contributed by atoms with Gasteiger partial charge in [-0.05, 0) is 59.7 Å². The predicted molar refractivity (Wildman–Crippen MR) is 164 cm³/mol. The third-order valence-corrected chi connectivity index (χ3v) is 9.54. The number of furan rings is 1. The van der Waals surface area contributed by atoms with E-state index in [-0.39, 0.29) is 16.9 Å². The van der Waals surface area contributed by atoms with Crippen molar-refractivity contribution in [2.24, 2.45) is 0 Å². The Bertz CT molecular complexity index is 2170. The summed E-state index contributed by atoms with van der Waals surface area (Å²) in [7, 11) is -0.838. The van der Waals surface area contributed by atoms with Crippen LogP contribution < -0.4 is 9.62 Å². The van der Waals surface area contributed by atoms with Crippen LogP contribution in [0.15, 0.2) is 83.3 Å². The van der Waals surface area contributed by atoms with Gasteiger partial charge in [0.05, 0.1) is 17.5 Å². The number of thiophene rings is 1. The van der Waals surface area contributed by atoms with Crippen molar-refractivity contribution in [2.45, 2.75) is 0 Å². The maximum atomic E-state index is 14.4. The van der Waals surface area contributed by atoms with E-state index in [9.17, 15) is 26.4 Å². The average molecular weight is 621 g/mol. The van der Waals surface area contributed by atoms with Crippen molar-refractivity contribution in [1.82, 2.24) is 5.32 Å². The van der Waals surface area contributed by atoms with Gasteiger partial charge in [0.15, 0.2) is 0 Å². The number of amides is 1. The molecular formula is C32H23F3N2O4S2. The van der Waals surface area contributed by atoms with Crippen LogP contribution in [-0.2, 0) is 10.0 Å². The molecule has 0 saturated carbocycles. The van der Waals surface area contributed by atoms with Crippen LogP contribution in [0.4, 0.5) is 18.9 Å². The predicted octanol–water partition coefficient (Wildman–Crippen LogP) is 7.82. The molecule has 0 fully saturated rings. The number of hydrogen-bond acceptors (Lipinski definition) is 5. The van der Waals surface area contributed by atoms with Gasteiger partial charge in [0.25, 0.3) is 5.91 Å². The zero-order valence-electron chi connectivity index (χ0n) is 23.0. The topological polar surface area (TPSA) is 79.6 Å². The summed E-state index contributed by atoms with van der Waals surface area (Å²) in [5, 5.41) is 3.34. The van der Waals surface area contributed by atoms with Crippen molar-refractivity contribution in [3.05, 3.63) is 102 Å². The lowest BCUT2D eigenvalue weighted by Gasteiger charge is -2.21. The van der Waals surface area contributed by atoms with Crippen LogP contribution in [0.5, 0.6) is 0 Å². The Balaban J connectivity index is 1.60. The summed E-state index contributed by atoms with van der Waals surface area (Å²) in [6, 6.07) is 19.7. The number of hydrogen-bond donors (Lipinski definition) is 1. The van der Waals surface area contributed by atoms with Gasteiger partial charge in [-0.2, -0.15) is 0 Å². The summed E-state index contributed by atoms with van der Waals surface area (Å²) in [5.74, 6) is -2.02. The molecule has 1 N–H and O–H groups in total. The second-order valence-corrected chi connectivity index (χ2v) is 13.1. The number of nitrogens with one attached hydrogen (secondary N) is 1. The molecule has 0 aliphatic carbocycles. The normalized spacial score (nSPS) is 11.8. The van der Waals surface area contributed by atoms with Crippen molar-refractivity contribution in [2.75, 3.05) is 24.7 Å². The smallest absolute Gasteiger partial charge is 0.255 e. The SMILES string of the molecule is CNC(=O)c1c(-c2ccc(F)cc2)oc2cc(N(C)S(C)(=O)=O)c(-c3cccc(-c4cc5c(F)cc(F)cc5s4)c3)cc12. The number of carbonyl (C=O) groups excluding carboxylic acids is 1. The van der Waals surface area contributed by atoms with Gasteiger partial charge in [0.2, 0.25) is 10.0 Å². The summed E-state index contributed by atoms with van der Waals surface area (Å²) in [5.41, 5.74) is 3.02. The molecule has 0 radical (unpaired) electrons. The number of nitrogens with zero attached hydrogens (tertiary/aromatic N) is 1. The van der Waals surface area contributed by atoms with E-state index in [0.29, 0.717) is 48.3 Å². The molecule has 4 aromatic carbocycles. The third kappa shape index (κ3) is 5.15. The molecule has 2 heterocycles. The average Bonchev–Trinajstić information content (AvgIpc) is 3.57. The molecule has 0 bridgehead atoms. The number of sulfonamides is 1. The maximum absolute atomic E-state index is 14.4. The van der Waals surface area contributed by atoms with Crippen LogP contribution in [0.3, 0.4) is 0 Å². The fourth-order valence-corrected chi connectivity index (χ4v) is 6.61. The van der Waals surface area contributed by atoms with Crippen molar-refractivity contribution < 1.29 is 30.8 Å². The van der Waals surface area contributed by atoms with Crippen molar-refractivity contribution in [1.29, 1.82) is 0 Å². The Morgan fingerprint density at radius 2 is 1.58 bits per heavy atom. The van der Waals surface area contributed by atoms with E-state index in [4.69, 9.17) is 4.42 Å². The Morgan fingerprint density at radius 3 is 2.28 bits per heavy atom. The number of fused-ring (bicyclic) bond motifs is 2. The fourth-order valence-electron chi connectivity index (χ4n) is 5.00. The van der Waals surface area contributed by atoms with Crippen LogP contribution in [0.2, 0.25) is 0 Å². The molecule has 6 nitrogen and oxygen atoms in total. The number of carbonyl (C=O) groups is 1. The van der Waals surface area contributed by atoms with Gasteiger partial charge in [-0.3, -0.25) is 9.10 Å². The molecule has 1 amide bonds. The molecule has 2 aromatic heterocycles. The highest BCUT2D eigenvalue weighted by Crippen LogP contribution is 2.43. The van der Waals surface area contributed by atoms with Gasteiger partial charge in [0, 0.05) is 57.7 Å². The lowest BCUT2D eigenvalue weighted by molar-refractivity contribution is 0.0964. The minimum Gasteiger partial charge on any atom is -0.455 e. The lowest BCUT2D eigenvalue weighted by atomic mass is 9.97. The van der Waals surface area contributed by atoms with Crippen molar-refractivity contribution in [3.63, 3.8) is 0 Å². The first-order valence-electron chi connectivity index (χ1n) is 13.0. The van der Waals surface area contributed by atoms with Crippen LogP contribution in [-0.4, -0.2) is 34.7 Å². The second kappa shape index (κ2) is 10.6. The summed E-state index contributed by atoms with van der Waals surface area (Å²) < 4.78 is 75.1. The molecule has 0 unspecified atom stereocenters. The third-order valence-electron chi connectivity index (χ3n) is 7.21. The lowest BCUT2D eigenvalue weighted by Crippen LogP contribution is -2.25. The molecule has 6 rings (SSSR count). The largest absolute Gasteiger partial charge is 0.455 e. The van der Waals surface area contributed by atoms with Crippen LogP contribution in [0.25, 0.3) is 53.9 Å². The molecule has 218 valence electrons. The molecule has 11 heteroatoms. The van der Waals surface area contributed by atoms with Gasteiger partial charge in [0.1, 0.15) is 28.8 Å². The monoisotopic (exact) mass is 620 g/mol. The molecule has 6 aromatic rings. The highest BCUT2D eigenvalue weighted by atomic mass is 32.2.